The van der Waals surface area contributed by atoms with Crippen LogP contribution in [-0.2, 0) is 4.79 Å². The fraction of sp³-hybridized carbons (Fsp3) is 0.143. The monoisotopic (exact) mass is 352 g/mol. The number of furan rings is 1. The third-order valence-electron chi connectivity index (χ3n) is 2.40. The van der Waals surface area contributed by atoms with Crippen LogP contribution in [0.5, 0.6) is 11.5 Å². The van der Waals surface area contributed by atoms with Crippen LogP contribution in [0.2, 0.25) is 0 Å². The van der Waals surface area contributed by atoms with Gasteiger partial charge in [-0.3, -0.25) is 4.79 Å². The Kier molecular flexibility index (Phi) is 5.39. The van der Waals surface area contributed by atoms with Gasteiger partial charge in [0.15, 0.2) is 11.3 Å². The fourth-order valence-electron chi connectivity index (χ4n) is 1.42. The van der Waals surface area contributed by atoms with Crippen molar-refractivity contribution in [3.63, 3.8) is 0 Å². The second-order valence-electron chi connectivity index (χ2n) is 3.90. The Balaban J connectivity index is 1.75. The number of hydrogen-bond acceptors (Lipinski definition) is 5. The second-order valence-corrected chi connectivity index (χ2v) is 4.68. The van der Waals surface area contributed by atoms with Crippen molar-refractivity contribution in [3.05, 3.63) is 46.8 Å². The molecule has 6 nitrogen and oxygen atoms in total. The molecule has 21 heavy (non-hydrogen) atoms. The number of halogens is 1. The summed E-state index contributed by atoms with van der Waals surface area (Å²) in [6.07, 6.45) is 1.40. The molecule has 0 unspecified atom stereocenters. The first-order valence-electron chi connectivity index (χ1n) is 6.01. The zero-order chi connectivity index (χ0) is 15.1. The van der Waals surface area contributed by atoms with Crippen LogP contribution in [0.3, 0.4) is 0 Å². The molecule has 0 fully saturated rings. The predicted molar refractivity (Wildman–Crippen MR) is 80.6 cm³/mol. The Morgan fingerprint density at radius 1 is 1.29 bits per heavy atom. The summed E-state index contributed by atoms with van der Waals surface area (Å²) in [7, 11) is 1.58. The van der Waals surface area contributed by atoms with E-state index in [1.807, 2.05) is 0 Å². The summed E-state index contributed by atoms with van der Waals surface area (Å²) in [4.78, 5) is 11.5. The van der Waals surface area contributed by atoms with Crippen molar-refractivity contribution >= 4 is 28.1 Å². The summed E-state index contributed by atoms with van der Waals surface area (Å²) in [5.41, 5.74) is 2.34. The van der Waals surface area contributed by atoms with Gasteiger partial charge in [-0.05, 0) is 52.3 Å². The first-order chi connectivity index (χ1) is 10.2. The third-order valence-corrected chi connectivity index (χ3v) is 2.83. The molecule has 1 aromatic carbocycles. The van der Waals surface area contributed by atoms with E-state index in [-0.39, 0.29) is 12.5 Å². The summed E-state index contributed by atoms with van der Waals surface area (Å²) in [6, 6.07) is 10.4. The van der Waals surface area contributed by atoms with E-state index in [4.69, 9.17) is 13.9 Å². The number of nitrogens with zero attached hydrogens (tertiary/aromatic N) is 1. The van der Waals surface area contributed by atoms with Crippen LogP contribution in [0.25, 0.3) is 0 Å². The van der Waals surface area contributed by atoms with Crippen LogP contribution in [0, 0.1) is 0 Å². The topological polar surface area (TPSA) is 73.1 Å². The smallest absolute Gasteiger partial charge is 0.277 e. The number of rotatable bonds is 6. The molecule has 0 radical (unpaired) electrons. The van der Waals surface area contributed by atoms with Gasteiger partial charge < -0.3 is 13.9 Å². The van der Waals surface area contributed by atoms with E-state index in [9.17, 15) is 4.79 Å². The van der Waals surface area contributed by atoms with Gasteiger partial charge in [0.25, 0.3) is 5.91 Å². The summed E-state index contributed by atoms with van der Waals surface area (Å²) < 4.78 is 16.1. The molecule has 1 heterocycles. The van der Waals surface area contributed by atoms with E-state index < -0.39 is 0 Å². The molecule has 0 aliphatic rings. The van der Waals surface area contributed by atoms with Crippen LogP contribution in [0.1, 0.15) is 5.76 Å². The molecule has 1 amide bonds. The van der Waals surface area contributed by atoms with Crippen LogP contribution in [0.15, 0.2) is 50.6 Å². The average Bonchev–Trinajstić information content (AvgIpc) is 2.91. The molecule has 1 aromatic heterocycles. The number of nitrogens with one attached hydrogen (secondary N) is 1. The number of benzene rings is 1. The molecule has 0 spiro atoms. The van der Waals surface area contributed by atoms with E-state index in [0.717, 1.165) is 5.75 Å². The largest absolute Gasteiger partial charge is 0.497 e. The second kappa shape index (κ2) is 7.49. The molecule has 0 saturated heterocycles. The normalized spacial score (nSPS) is 10.6. The van der Waals surface area contributed by atoms with Crippen molar-refractivity contribution in [2.75, 3.05) is 13.7 Å². The number of methoxy groups -OCH3 is 1. The third kappa shape index (κ3) is 4.96. The standard InChI is InChI=1S/C14H13BrN2O4/c1-19-10-2-4-11(5-3-10)20-9-14(18)17-16-8-12-6-7-13(15)21-12/h2-8H,9H2,1H3,(H,17,18)/b16-8+. The number of amides is 1. The lowest BCUT2D eigenvalue weighted by molar-refractivity contribution is -0.123. The molecule has 1 N–H and O–H groups in total. The van der Waals surface area contributed by atoms with E-state index in [2.05, 4.69) is 26.5 Å². The summed E-state index contributed by atoms with van der Waals surface area (Å²) in [5.74, 6) is 1.46. The van der Waals surface area contributed by atoms with E-state index >= 15 is 0 Å². The first-order valence-corrected chi connectivity index (χ1v) is 6.81. The molecule has 0 aliphatic carbocycles. The summed E-state index contributed by atoms with van der Waals surface area (Å²) >= 11 is 3.17. The van der Waals surface area contributed by atoms with Gasteiger partial charge in [-0.15, -0.1) is 0 Å². The minimum atomic E-state index is -0.368. The minimum absolute atomic E-state index is 0.133. The van der Waals surface area contributed by atoms with Gasteiger partial charge in [0.05, 0.1) is 13.3 Å². The van der Waals surface area contributed by atoms with Crippen molar-refractivity contribution in [1.82, 2.24) is 5.43 Å². The van der Waals surface area contributed by atoms with Gasteiger partial charge in [-0.2, -0.15) is 5.10 Å². The van der Waals surface area contributed by atoms with Crippen LogP contribution in [-0.4, -0.2) is 25.8 Å². The van der Waals surface area contributed by atoms with Crippen molar-refractivity contribution in [1.29, 1.82) is 0 Å². The zero-order valence-electron chi connectivity index (χ0n) is 11.2. The lowest BCUT2D eigenvalue weighted by atomic mass is 10.3. The molecule has 2 aromatic rings. The quantitative estimate of drug-likeness (QED) is 0.640. The Labute approximate surface area is 129 Å². The minimum Gasteiger partial charge on any atom is -0.497 e. The average molecular weight is 353 g/mol. The summed E-state index contributed by atoms with van der Waals surface area (Å²) in [6.45, 7) is -0.133. The highest BCUT2D eigenvalue weighted by Gasteiger charge is 2.02. The molecule has 7 heteroatoms. The molecule has 0 bridgehead atoms. The maximum Gasteiger partial charge on any atom is 0.277 e. The van der Waals surface area contributed by atoms with Gasteiger partial charge in [0.2, 0.25) is 0 Å². The van der Waals surface area contributed by atoms with Crippen LogP contribution < -0.4 is 14.9 Å². The molecule has 110 valence electrons. The number of carbonyl (C=O) groups is 1. The number of carbonyl (C=O) groups excluding carboxylic acids is 1. The Bertz CT molecular complexity index is 622. The molecule has 0 aliphatic heterocycles. The zero-order valence-corrected chi connectivity index (χ0v) is 12.8. The van der Waals surface area contributed by atoms with Gasteiger partial charge in [0.1, 0.15) is 17.3 Å². The van der Waals surface area contributed by atoms with Gasteiger partial charge >= 0.3 is 0 Å². The highest BCUT2D eigenvalue weighted by Crippen LogP contribution is 2.16. The molecule has 0 atom stereocenters. The summed E-state index contributed by atoms with van der Waals surface area (Å²) in [5, 5.41) is 3.76. The fourth-order valence-corrected chi connectivity index (χ4v) is 1.74. The molecular formula is C14H13BrN2O4. The lowest BCUT2D eigenvalue weighted by Crippen LogP contribution is -2.24. The Morgan fingerprint density at radius 2 is 2.00 bits per heavy atom. The SMILES string of the molecule is COc1ccc(OCC(=O)N/N=C/c2ccc(Br)o2)cc1. The van der Waals surface area contributed by atoms with Gasteiger partial charge in [-0.25, -0.2) is 5.43 Å². The molecule has 2 rings (SSSR count). The van der Waals surface area contributed by atoms with E-state index in [1.54, 1.807) is 43.5 Å². The van der Waals surface area contributed by atoms with Gasteiger partial charge in [0, 0.05) is 0 Å². The van der Waals surface area contributed by atoms with Gasteiger partial charge in [-0.1, -0.05) is 0 Å². The van der Waals surface area contributed by atoms with E-state index in [0.29, 0.717) is 16.2 Å². The highest BCUT2D eigenvalue weighted by molar-refractivity contribution is 9.10. The first kappa shape index (κ1) is 15.1. The Hall–Kier alpha value is -2.28. The number of hydrazone groups is 1. The number of hydrogen-bond donors (Lipinski definition) is 1. The van der Waals surface area contributed by atoms with E-state index in [1.165, 1.54) is 6.21 Å². The van der Waals surface area contributed by atoms with Crippen molar-refractivity contribution in [2.45, 2.75) is 0 Å². The molecular weight excluding hydrogens is 340 g/mol. The molecule has 0 saturated carbocycles. The van der Waals surface area contributed by atoms with Crippen molar-refractivity contribution in [3.8, 4) is 11.5 Å². The van der Waals surface area contributed by atoms with Crippen LogP contribution >= 0.6 is 15.9 Å². The van der Waals surface area contributed by atoms with Crippen molar-refractivity contribution in [2.24, 2.45) is 5.10 Å². The maximum absolute atomic E-state index is 11.5. The van der Waals surface area contributed by atoms with Crippen LogP contribution in [0.4, 0.5) is 0 Å². The Morgan fingerprint density at radius 3 is 2.62 bits per heavy atom. The van der Waals surface area contributed by atoms with Crippen molar-refractivity contribution < 1.29 is 18.7 Å². The predicted octanol–water partition coefficient (Wildman–Crippen LogP) is 2.58. The highest BCUT2D eigenvalue weighted by atomic mass is 79.9. The maximum atomic E-state index is 11.5. The lowest BCUT2D eigenvalue weighted by Gasteiger charge is -2.05. The number of ether oxygens (including phenoxy) is 2.